The van der Waals surface area contributed by atoms with Crippen LogP contribution in [0.1, 0.15) is 24.1 Å². The first kappa shape index (κ1) is 15.9. The molecule has 0 saturated heterocycles. The molecule has 0 aliphatic heterocycles. The molecule has 0 spiro atoms. The van der Waals surface area contributed by atoms with Gasteiger partial charge in [0.05, 0.1) is 19.2 Å². The monoisotopic (exact) mass is 322 g/mol. The highest BCUT2D eigenvalue weighted by Gasteiger charge is 2.14. The molecular formula is C18H18N4O2. The molecule has 0 atom stereocenters. The number of pyridine rings is 1. The second kappa shape index (κ2) is 7.50. The standard InChI is InChI=1S/C18H18N4O2/c1-24-16-7-3-2-6-14(16)15-10-17(21-12-20-15)22-18(23)9-13-5-4-8-19-11-13/h3-5,7-8,10-12H,2,6,9H2,1H3,(H,20,21,22,23). The Morgan fingerprint density at radius 3 is 3.08 bits per heavy atom. The maximum absolute atomic E-state index is 12.1. The van der Waals surface area contributed by atoms with Crippen molar-refractivity contribution < 1.29 is 9.53 Å². The van der Waals surface area contributed by atoms with Crippen LogP contribution in [-0.2, 0) is 16.0 Å². The fourth-order valence-electron chi connectivity index (χ4n) is 2.55. The van der Waals surface area contributed by atoms with Crippen molar-refractivity contribution in [2.24, 2.45) is 0 Å². The van der Waals surface area contributed by atoms with E-state index >= 15 is 0 Å². The lowest BCUT2D eigenvalue weighted by Gasteiger charge is -2.15. The van der Waals surface area contributed by atoms with E-state index in [4.69, 9.17) is 4.74 Å². The molecule has 1 aliphatic rings. The van der Waals surface area contributed by atoms with E-state index in [9.17, 15) is 4.79 Å². The molecule has 0 saturated carbocycles. The van der Waals surface area contributed by atoms with Gasteiger partial charge in [-0.2, -0.15) is 0 Å². The number of nitrogens with one attached hydrogen (secondary N) is 1. The third kappa shape index (κ3) is 3.84. The Bertz CT molecular complexity index is 785. The molecule has 1 aliphatic carbocycles. The number of carbonyl (C=O) groups is 1. The number of allylic oxidation sites excluding steroid dienone is 3. The van der Waals surface area contributed by atoms with Crippen LogP contribution in [0, 0.1) is 0 Å². The minimum absolute atomic E-state index is 0.142. The van der Waals surface area contributed by atoms with Crippen molar-refractivity contribution in [3.05, 3.63) is 66.1 Å². The Labute approximate surface area is 140 Å². The Balaban J connectivity index is 1.75. The van der Waals surface area contributed by atoms with E-state index in [-0.39, 0.29) is 12.3 Å². The topological polar surface area (TPSA) is 77.0 Å². The zero-order valence-electron chi connectivity index (χ0n) is 13.4. The highest BCUT2D eigenvalue weighted by Crippen LogP contribution is 2.28. The molecule has 2 aromatic rings. The van der Waals surface area contributed by atoms with Crippen LogP contribution in [0.15, 0.2) is 54.8 Å². The number of hydrogen-bond donors (Lipinski definition) is 1. The van der Waals surface area contributed by atoms with Gasteiger partial charge in [-0.05, 0) is 30.5 Å². The van der Waals surface area contributed by atoms with Crippen molar-refractivity contribution in [1.82, 2.24) is 15.0 Å². The van der Waals surface area contributed by atoms with E-state index in [0.717, 1.165) is 35.4 Å². The number of nitrogens with zero attached hydrogens (tertiary/aromatic N) is 3. The summed E-state index contributed by atoms with van der Waals surface area (Å²) in [6, 6.07) is 5.44. The van der Waals surface area contributed by atoms with E-state index in [2.05, 4.69) is 26.3 Å². The molecule has 1 N–H and O–H groups in total. The highest BCUT2D eigenvalue weighted by atomic mass is 16.5. The van der Waals surface area contributed by atoms with E-state index in [1.54, 1.807) is 31.6 Å². The highest BCUT2D eigenvalue weighted by molar-refractivity contribution is 5.91. The summed E-state index contributed by atoms with van der Waals surface area (Å²) in [5, 5.41) is 2.80. The molecule has 0 bridgehead atoms. The zero-order chi connectivity index (χ0) is 16.8. The van der Waals surface area contributed by atoms with Crippen LogP contribution in [0.4, 0.5) is 5.82 Å². The average molecular weight is 322 g/mol. The predicted molar refractivity (Wildman–Crippen MR) is 90.9 cm³/mol. The van der Waals surface area contributed by atoms with Gasteiger partial charge in [-0.3, -0.25) is 9.78 Å². The van der Waals surface area contributed by atoms with Crippen LogP contribution in [0.3, 0.4) is 0 Å². The molecule has 2 aromatic heterocycles. The Hall–Kier alpha value is -3.02. The lowest BCUT2D eigenvalue weighted by Crippen LogP contribution is -2.16. The van der Waals surface area contributed by atoms with E-state index in [1.165, 1.54) is 6.33 Å². The van der Waals surface area contributed by atoms with Gasteiger partial charge in [0.1, 0.15) is 17.9 Å². The van der Waals surface area contributed by atoms with Gasteiger partial charge in [-0.25, -0.2) is 9.97 Å². The van der Waals surface area contributed by atoms with Crippen LogP contribution in [0.25, 0.3) is 5.57 Å². The van der Waals surface area contributed by atoms with Gasteiger partial charge >= 0.3 is 0 Å². The lowest BCUT2D eigenvalue weighted by molar-refractivity contribution is -0.115. The van der Waals surface area contributed by atoms with E-state index in [1.807, 2.05) is 12.1 Å². The number of methoxy groups -OCH3 is 1. The summed E-state index contributed by atoms with van der Waals surface area (Å²) in [6.45, 7) is 0. The van der Waals surface area contributed by atoms with Gasteiger partial charge in [0.2, 0.25) is 5.91 Å². The summed E-state index contributed by atoms with van der Waals surface area (Å²) in [7, 11) is 1.64. The number of amides is 1. The Morgan fingerprint density at radius 1 is 1.38 bits per heavy atom. The molecule has 122 valence electrons. The van der Waals surface area contributed by atoms with Crippen molar-refractivity contribution in [3.63, 3.8) is 0 Å². The van der Waals surface area contributed by atoms with Gasteiger partial charge in [-0.1, -0.05) is 12.1 Å². The van der Waals surface area contributed by atoms with Gasteiger partial charge in [-0.15, -0.1) is 0 Å². The van der Waals surface area contributed by atoms with Crippen LogP contribution in [0.5, 0.6) is 0 Å². The second-order valence-corrected chi connectivity index (χ2v) is 5.36. The van der Waals surface area contributed by atoms with Crippen molar-refractivity contribution in [2.45, 2.75) is 19.3 Å². The summed E-state index contributed by atoms with van der Waals surface area (Å²) < 4.78 is 5.40. The molecule has 0 unspecified atom stereocenters. The van der Waals surface area contributed by atoms with Gasteiger partial charge in [0.15, 0.2) is 0 Å². The quantitative estimate of drug-likeness (QED) is 0.916. The molecule has 6 nitrogen and oxygen atoms in total. The lowest BCUT2D eigenvalue weighted by atomic mass is 10.00. The van der Waals surface area contributed by atoms with E-state index < -0.39 is 0 Å². The molecule has 24 heavy (non-hydrogen) atoms. The third-order valence-electron chi connectivity index (χ3n) is 3.68. The van der Waals surface area contributed by atoms with Crippen molar-refractivity contribution in [2.75, 3.05) is 12.4 Å². The van der Waals surface area contributed by atoms with Crippen molar-refractivity contribution in [1.29, 1.82) is 0 Å². The molecular weight excluding hydrogens is 304 g/mol. The van der Waals surface area contributed by atoms with Crippen molar-refractivity contribution in [3.8, 4) is 0 Å². The SMILES string of the molecule is COC1=C(c2cc(NC(=O)Cc3cccnc3)ncn2)CCC=C1. The molecule has 0 fully saturated rings. The largest absolute Gasteiger partial charge is 0.496 e. The summed E-state index contributed by atoms with van der Waals surface area (Å²) >= 11 is 0. The zero-order valence-corrected chi connectivity index (χ0v) is 13.4. The normalized spacial score (nSPS) is 13.7. The molecule has 0 radical (unpaired) electrons. The minimum Gasteiger partial charge on any atom is -0.496 e. The van der Waals surface area contributed by atoms with E-state index in [0.29, 0.717) is 5.82 Å². The molecule has 2 heterocycles. The molecule has 3 rings (SSSR count). The second-order valence-electron chi connectivity index (χ2n) is 5.36. The summed E-state index contributed by atoms with van der Waals surface area (Å²) in [5.74, 6) is 1.14. The number of ether oxygens (including phenoxy) is 1. The first-order valence-corrected chi connectivity index (χ1v) is 7.71. The Morgan fingerprint density at radius 2 is 2.29 bits per heavy atom. The maximum atomic E-state index is 12.1. The number of rotatable bonds is 5. The molecule has 1 amide bonds. The number of hydrogen-bond acceptors (Lipinski definition) is 5. The number of anilines is 1. The van der Waals surface area contributed by atoms with Crippen molar-refractivity contribution >= 4 is 17.3 Å². The Kier molecular flexibility index (Phi) is 4.96. The fourth-order valence-corrected chi connectivity index (χ4v) is 2.55. The van der Waals surface area contributed by atoms with Gasteiger partial charge in [0.25, 0.3) is 0 Å². The average Bonchev–Trinajstić information content (AvgIpc) is 2.62. The number of carbonyl (C=O) groups excluding carboxylic acids is 1. The first-order valence-electron chi connectivity index (χ1n) is 7.71. The molecule has 6 heteroatoms. The first-order chi connectivity index (χ1) is 11.8. The van der Waals surface area contributed by atoms with Gasteiger partial charge in [0, 0.05) is 24.0 Å². The smallest absolute Gasteiger partial charge is 0.230 e. The molecule has 0 aromatic carbocycles. The van der Waals surface area contributed by atoms with Crippen LogP contribution in [-0.4, -0.2) is 28.0 Å². The van der Waals surface area contributed by atoms with Gasteiger partial charge < -0.3 is 10.1 Å². The third-order valence-corrected chi connectivity index (χ3v) is 3.68. The summed E-state index contributed by atoms with van der Waals surface area (Å²) in [4.78, 5) is 24.6. The summed E-state index contributed by atoms with van der Waals surface area (Å²) in [5.41, 5.74) is 2.64. The maximum Gasteiger partial charge on any atom is 0.230 e. The number of aromatic nitrogens is 3. The summed E-state index contributed by atoms with van der Waals surface area (Å²) in [6.07, 6.45) is 10.9. The van der Waals surface area contributed by atoms with Crippen LogP contribution < -0.4 is 5.32 Å². The fraction of sp³-hybridized carbons (Fsp3) is 0.222. The predicted octanol–water partition coefficient (Wildman–Crippen LogP) is 2.76. The van der Waals surface area contributed by atoms with Crippen LogP contribution in [0.2, 0.25) is 0 Å². The van der Waals surface area contributed by atoms with Crippen LogP contribution >= 0.6 is 0 Å². The minimum atomic E-state index is -0.142.